The zero-order chi connectivity index (χ0) is 52.6. The van der Waals surface area contributed by atoms with Crippen LogP contribution in [-0.2, 0) is 14.9 Å². The van der Waals surface area contributed by atoms with E-state index in [0.29, 0.717) is 34.7 Å². The van der Waals surface area contributed by atoms with Gasteiger partial charge < -0.3 is 18.9 Å². The van der Waals surface area contributed by atoms with Crippen molar-refractivity contribution in [2.45, 2.75) is 84.2 Å². The van der Waals surface area contributed by atoms with Gasteiger partial charge in [-0.15, -0.1) is 0 Å². The fourth-order valence-electron chi connectivity index (χ4n) is 9.49. The Morgan fingerprint density at radius 3 is 2.04 bits per heavy atom. The van der Waals surface area contributed by atoms with Crippen molar-refractivity contribution in [2.24, 2.45) is 10.5 Å². The third-order valence-corrected chi connectivity index (χ3v) is 14.3. The van der Waals surface area contributed by atoms with E-state index in [1.165, 1.54) is 28.9 Å². The SMILES string of the molecule is CCC1(COCCCCCCOc2ccc(C(=O)Oc3cc(/C=N/N(CCCC(F)(F)F)c4ccc5ccc6ccccc6c5c4)c(-c4ccc5cc(-c6ccc(C(C)(C)C)cc6)ccc5c4)cc3F)cc2)COC1. The van der Waals surface area contributed by atoms with Crippen LogP contribution in [-0.4, -0.2) is 57.9 Å². The normalized spacial score (nSPS) is 13.7. The first-order chi connectivity index (χ1) is 36.1. The summed E-state index contributed by atoms with van der Waals surface area (Å²) in [5.74, 6) is -1.30. The van der Waals surface area contributed by atoms with Crippen LogP contribution in [0.5, 0.6) is 11.5 Å². The second-order valence-electron chi connectivity index (χ2n) is 20.8. The van der Waals surface area contributed by atoms with E-state index in [-0.39, 0.29) is 35.1 Å². The Balaban J connectivity index is 0.961. The average molecular weight is 1020 g/mol. The van der Waals surface area contributed by atoms with Crippen LogP contribution in [0.2, 0.25) is 0 Å². The molecule has 8 aromatic rings. The number of hydrogen-bond donors (Lipinski definition) is 0. The molecule has 0 aromatic heterocycles. The number of esters is 1. The Labute approximate surface area is 437 Å². The van der Waals surface area contributed by atoms with Gasteiger partial charge in [-0.1, -0.05) is 125 Å². The quantitative estimate of drug-likeness (QED) is 0.0136. The van der Waals surface area contributed by atoms with Gasteiger partial charge in [0, 0.05) is 30.6 Å². The maximum absolute atomic E-state index is 16.4. The Morgan fingerprint density at radius 2 is 1.35 bits per heavy atom. The molecule has 0 radical (unpaired) electrons. The fourth-order valence-corrected chi connectivity index (χ4v) is 9.49. The van der Waals surface area contributed by atoms with E-state index in [4.69, 9.17) is 24.0 Å². The van der Waals surface area contributed by atoms with Crippen LogP contribution >= 0.6 is 0 Å². The van der Waals surface area contributed by atoms with Crippen LogP contribution in [0, 0.1) is 11.2 Å². The minimum absolute atomic E-state index is 0.0293. The fraction of sp³-hybridized carbons (Fsp3) is 0.312. The highest BCUT2D eigenvalue weighted by Crippen LogP contribution is 2.36. The third kappa shape index (κ3) is 13.2. The van der Waals surface area contributed by atoms with E-state index >= 15 is 4.39 Å². The number of carbonyl (C=O) groups excluding carboxylic acids is 1. The van der Waals surface area contributed by atoms with Gasteiger partial charge >= 0.3 is 12.1 Å². The number of unbranched alkanes of at least 4 members (excludes halogenated alkanes) is 3. The second kappa shape index (κ2) is 23.2. The van der Waals surface area contributed by atoms with Gasteiger partial charge in [0.05, 0.1) is 43.9 Å². The molecule has 0 N–H and O–H groups in total. The molecule has 1 aliphatic heterocycles. The van der Waals surface area contributed by atoms with Gasteiger partial charge in [-0.3, -0.25) is 5.01 Å². The standard InChI is InChI=1S/C64H64F4N2O5/c1-5-63(42-73-43-63)41-72-33-10-6-7-11-34-74-55-29-24-47(25-30-55)61(71)75-60-37-52(40-69-70(32-12-31-64(66,67)68)54-28-23-46-16-15-45-13-8-9-14-56(45)58(46)38-54)57(39-59(60)65)51-20-19-49-35-48(17-18-50(49)36-51)44-21-26-53(27-22-44)62(2,3)4/h8-9,13-30,35-40H,5-7,10-12,31-34,41-43H2,1-4H3/b69-40+. The number of hydrogen-bond acceptors (Lipinski definition) is 7. The lowest BCUT2D eigenvalue weighted by Crippen LogP contribution is -2.45. The number of hydrazone groups is 1. The van der Waals surface area contributed by atoms with Crippen molar-refractivity contribution in [2.75, 3.05) is 44.6 Å². The summed E-state index contributed by atoms with van der Waals surface area (Å²) >= 11 is 0. The number of carbonyl (C=O) groups is 1. The van der Waals surface area contributed by atoms with Crippen LogP contribution in [0.4, 0.5) is 23.2 Å². The molecule has 0 bridgehead atoms. The van der Waals surface area contributed by atoms with Crippen LogP contribution in [0.25, 0.3) is 54.6 Å². The molecule has 0 aliphatic carbocycles. The molecule has 388 valence electrons. The predicted octanol–water partition coefficient (Wildman–Crippen LogP) is 16.7. The number of fused-ring (bicyclic) bond motifs is 4. The van der Waals surface area contributed by atoms with Gasteiger partial charge in [-0.2, -0.15) is 18.3 Å². The molecule has 9 rings (SSSR count). The minimum Gasteiger partial charge on any atom is -0.494 e. The number of rotatable bonds is 21. The Morgan fingerprint density at radius 1 is 0.693 bits per heavy atom. The molecule has 0 saturated carbocycles. The summed E-state index contributed by atoms with van der Waals surface area (Å²) in [6.07, 6.45) is 0.862. The number of ether oxygens (including phenoxy) is 4. The van der Waals surface area contributed by atoms with E-state index in [9.17, 15) is 18.0 Å². The van der Waals surface area contributed by atoms with E-state index in [2.05, 4.69) is 64.1 Å². The maximum Gasteiger partial charge on any atom is 0.389 e. The van der Waals surface area contributed by atoms with Gasteiger partial charge in [-0.25, -0.2) is 9.18 Å². The van der Waals surface area contributed by atoms with Crippen molar-refractivity contribution in [3.8, 4) is 33.8 Å². The largest absolute Gasteiger partial charge is 0.494 e. The lowest BCUT2D eigenvalue weighted by atomic mass is 9.84. The topological polar surface area (TPSA) is 69.6 Å². The van der Waals surface area contributed by atoms with Gasteiger partial charge in [0.2, 0.25) is 0 Å². The van der Waals surface area contributed by atoms with Crippen molar-refractivity contribution >= 4 is 50.2 Å². The van der Waals surface area contributed by atoms with Gasteiger partial charge in [0.25, 0.3) is 0 Å². The lowest BCUT2D eigenvalue weighted by molar-refractivity contribution is -0.150. The zero-order valence-corrected chi connectivity index (χ0v) is 43.2. The highest BCUT2D eigenvalue weighted by molar-refractivity contribution is 6.08. The lowest BCUT2D eigenvalue weighted by Gasteiger charge is -2.40. The highest BCUT2D eigenvalue weighted by atomic mass is 19.4. The van der Waals surface area contributed by atoms with E-state index in [1.54, 1.807) is 24.3 Å². The summed E-state index contributed by atoms with van der Waals surface area (Å²) in [5.41, 5.74) is 5.87. The minimum atomic E-state index is -4.36. The smallest absolute Gasteiger partial charge is 0.389 e. The van der Waals surface area contributed by atoms with E-state index in [1.807, 2.05) is 78.9 Å². The number of benzene rings is 8. The number of nitrogens with zero attached hydrogens (tertiary/aromatic N) is 2. The van der Waals surface area contributed by atoms with Crippen molar-refractivity contribution in [1.29, 1.82) is 0 Å². The molecule has 1 heterocycles. The number of halogens is 4. The summed E-state index contributed by atoms with van der Waals surface area (Å²) in [5, 5.41) is 12.2. The van der Waals surface area contributed by atoms with Crippen LogP contribution in [0.3, 0.4) is 0 Å². The molecule has 7 nitrogen and oxygen atoms in total. The van der Waals surface area contributed by atoms with Crippen LogP contribution in [0.15, 0.2) is 157 Å². The van der Waals surface area contributed by atoms with Crippen LogP contribution < -0.4 is 14.5 Å². The Kier molecular flexibility index (Phi) is 16.3. The first kappa shape index (κ1) is 52.8. The third-order valence-electron chi connectivity index (χ3n) is 14.3. The summed E-state index contributed by atoms with van der Waals surface area (Å²) in [6.45, 7) is 12.2. The molecule has 1 saturated heterocycles. The zero-order valence-electron chi connectivity index (χ0n) is 43.2. The number of alkyl halides is 3. The molecule has 8 aromatic carbocycles. The van der Waals surface area contributed by atoms with Gasteiger partial charge in [0.15, 0.2) is 11.6 Å². The predicted molar refractivity (Wildman–Crippen MR) is 295 cm³/mol. The van der Waals surface area contributed by atoms with Crippen molar-refractivity contribution in [1.82, 2.24) is 0 Å². The summed E-state index contributed by atoms with van der Waals surface area (Å²) in [7, 11) is 0. The molecular formula is C64H64F4N2O5. The summed E-state index contributed by atoms with van der Waals surface area (Å²) in [6, 6.07) is 47.5. The van der Waals surface area contributed by atoms with Crippen molar-refractivity contribution in [3.63, 3.8) is 0 Å². The Hall–Kier alpha value is -7.08. The highest BCUT2D eigenvalue weighted by Gasteiger charge is 2.37. The second-order valence-corrected chi connectivity index (χ2v) is 20.8. The molecular weight excluding hydrogens is 953 g/mol. The van der Waals surface area contributed by atoms with Crippen LogP contribution in [0.1, 0.15) is 94.1 Å². The molecule has 75 heavy (non-hydrogen) atoms. The summed E-state index contributed by atoms with van der Waals surface area (Å²) in [4.78, 5) is 13.7. The van der Waals surface area contributed by atoms with Crippen molar-refractivity contribution < 1.29 is 41.3 Å². The van der Waals surface area contributed by atoms with E-state index in [0.717, 1.165) is 102 Å². The van der Waals surface area contributed by atoms with E-state index < -0.39 is 24.4 Å². The molecule has 0 spiro atoms. The average Bonchev–Trinajstić information content (AvgIpc) is 3.39. The summed E-state index contributed by atoms with van der Waals surface area (Å²) < 4.78 is 80.2. The van der Waals surface area contributed by atoms with Crippen molar-refractivity contribution in [3.05, 3.63) is 174 Å². The number of anilines is 1. The molecule has 11 heteroatoms. The first-order valence-electron chi connectivity index (χ1n) is 26.0. The molecule has 1 aliphatic rings. The van der Waals surface area contributed by atoms with Gasteiger partial charge in [-0.05, 0) is 158 Å². The monoisotopic (exact) mass is 1020 g/mol. The molecule has 0 unspecified atom stereocenters. The maximum atomic E-state index is 16.4. The molecule has 0 amide bonds. The molecule has 1 fully saturated rings. The van der Waals surface area contributed by atoms with Gasteiger partial charge in [0.1, 0.15) is 5.75 Å². The molecule has 0 atom stereocenters. The Bertz CT molecular complexity index is 3280. The first-order valence-corrected chi connectivity index (χ1v) is 26.0.